The fourth-order valence-corrected chi connectivity index (χ4v) is 1.41. The molecule has 0 fully saturated rings. The van der Waals surface area contributed by atoms with E-state index in [9.17, 15) is 22.0 Å². The van der Waals surface area contributed by atoms with Crippen molar-refractivity contribution in [2.45, 2.75) is 31.5 Å². The Labute approximate surface area is 102 Å². The van der Waals surface area contributed by atoms with E-state index in [1.54, 1.807) is 20.9 Å². The molecular weight excluding hydrogens is 253 g/mol. The van der Waals surface area contributed by atoms with Crippen LogP contribution < -0.4 is 5.32 Å². The maximum atomic E-state index is 13.2. The lowest BCUT2D eigenvalue weighted by Gasteiger charge is -2.27. The molecule has 6 heteroatoms. The van der Waals surface area contributed by atoms with E-state index in [-0.39, 0.29) is 0 Å². The molecule has 0 aliphatic heterocycles. The third kappa shape index (κ3) is 2.63. The lowest BCUT2D eigenvalue weighted by Crippen LogP contribution is -2.36. The van der Waals surface area contributed by atoms with E-state index >= 15 is 0 Å². The molecule has 0 bridgehead atoms. The highest BCUT2D eigenvalue weighted by Gasteiger charge is 2.58. The van der Waals surface area contributed by atoms with Gasteiger partial charge in [-0.15, -0.1) is 0 Å². The van der Waals surface area contributed by atoms with E-state index in [1.165, 1.54) is 12.1 Å². The Morgan fingerprint density at radius 1 is 0.944 bits per heavy atom. The summed E-state index contributed by atoms with van der Waals surface area (Å²) >= 11 is 0. The number of hydrogen-bond acceptors (Lipinski definition) is 1. The molecule has 1 aromatic rings. The van der Waals surface area contributed by atoms with Crippen molar-refractivity contribution in [2.75, 3.05) is 7.05 Å². The summed E-state index contributed by atoms with van der Waals surface area (Å²) in [6.45, 7) is 3.38. The van der Waals surface area contributed by atoms with Gasteiger partial charge in [0.2, 0.25) is 0 Å². The smallest absolute Gasteiger partial charge is 0.311 e. The van der Waals surface area contributed by atoms with E-state index in [1.807, 2.05) is 0 Å². The highest BCUT2D eigenvalue weighted by Crippen LogP contribution is 2.44. The third-order valence-electron chi connectivity index (χ3n) is 2.93. The second-order valence-electron chi connectivity index (χ2n) is 4.53. The second kappa shape index (κ2) is 4.50. The largest absolute Gasteiger partial charge is 0.458 e. The standard InChI is InChI=1S/C12H14F5N/c1-10(2,18-3)8-5-4-6-9(7-8)11(13,14)12(15,16)17/h4-7,18H,1-3H3. The molecule has 0 aliphatic carbocycles. The summed E-state index contributed by atoms with van der Waals surface area (Å²) in [5.74, 6) is -4.84. The van der Waals surface area contributed by atoms with Crippen molar-refractivity contribution in [1.82, 2.24) is 5.32 Å². The monoisotopic (exact) mass is 267 g/mol. The van der Waals surface area contributed by atoms with Gasteiger partial charge in [0.05, 0.1) is 0 Å². The molecule has 18 heavy (non-hydrogen) atoms. The van der Waals surface area contributed by atoms with Crippen molar-refractivity contribution >= 4 is 0 Å². The van der Waals surface area contributed by atoms with Gasteiger partial charge >= 0.3 is 12.1 Å². The van der Waals surface area contributed by atoms with Crippen LogP contribution in [0.1, 0.15) is 25.0 Å². The Bertz CT molecular complexity index is 423. The van der Waals surface area contributed by atoms with Crippen molar-refractivity contribution in [3.05, 3.63) is 35.4 Å². The van der Waals surface area contributed by atoms with Gasteiger partial charge in [0.1, 0.15) is 0 Å². The Morgan fingerprint density at radius 3 is 1.89 bits per heavy atom. The van der Waals surface area contributed by atoms with Gasteiger partial charge in [0.25, 0.3) is 0 Å². The van der Waals surface area contributed by atoms with Crippen LogP contribution in [0.5, 0.6) is 0 Å². The van der Waals surface area contributed by atoms with Gasteiger partial charge in [0.15, 0.2) is 0 Å². The average molecular weight is 267 g/mol. The summed E-state index contributed by atoms with van der Waals surface area (Å²) in [6.07, 6.45) is -5.59. The highest BCUT2D eigenvalue weighted by atomic mass is 19.4. The minimum absolute atomic E-state index is 0.367. The van der Waals surface area contributed by atoms with Crippen molar-refractivity contribution in [1.29, 1.82) is 0 Å². The fourth-order valence-electron chi connectivity index (χ4n) is 1.41. The normalized spacial score (nSPS) is 13.8. The lowest BCUT2D eigenvalue weighted by molar-refractivity contribution is -0.289. The van der Waals surface area contributed by atoms with Crippen LogP contribution in [0.15, 0.2) is 24.3 Å². The summed E-state index contributed by atoms with van der Waals surface area (Å²) in [6, 6.07) is 4.36. The molecule has 0 radical (unpaired) electrons. The van der Waals surface area contributed by atoms with Gasteiger partial charge in [-0.05, 0) is 32.5 Å². The number of nitrogens with one attached hydrogen (secondary N) is 1. The fraction of sp³-hybridized carbons (Fsp3) is 0.500. The van der Waals surface area contributed by atoms with Crippen LogP contribution in [0.2, 0.25) is 0 Å². The number of rotatable bonds is 3. The van der Waals surface area contributed by atoms with Crippen LogP contribution in [-0.2, 0) is 11.5 Å². The molecule has 0 aromatic heterocycles. The van der Waals surface area contributed by atoms with E-state index in [0.29, 0.717) is 5.56 Å². The first kappa shape index (κ1) is 14.9. The first-order valence-electron chi connectivity index (χ1n) is 5.27. The summed E-state index contributed by atoms with van der Waals surface area (Å²) < 4.78 is 63.2. The number of alkyl halides is 5. The van der Waals surface area contributed by atoms with Crippen molar-refractivity contribution in [3.8, 4) is 0 Å². The topological polar surface area (TPSA) is 12.0 Å². The molecule has 0 atom stereocenters. The van der Waals surface area contributed by atoms with Crippen LogP contribution >= 0.6 is 0 Å². The molecule has 0 unspecified atom stereocenters. The molecular formula is C12H14F5N. The van der Waals surface area contributed by atoms with Crippen molar-refractivity contribution < 1.29 is 22.0 Å². The molecule has 0 aliphatic rings. The zero-order valence-corrected chi connectivity index (χ0v) is 10.2. The predicted octanol–water partition coefficient (Wildman–Crippen LogP) is 3.80. The summed E-state index contributed by atoms with van der Waals surface area (Å²) in [5.41, 5.74) is -1.36. The summed E-state index contributed by atoms with van der Waals surface area (Å²) in [7, 11) is 1.61. The van der Waals surface area contributed by atoms with Gasteiger partial charge in [0, 0.05) is 11.1 Å². The molecule has 0 heterocycles. The van der Waals surface area contributed by atoms with Gasteiger partial charge in [-0.1, -0.05) is 18.2 Å². The first-order valence-corrected chi connectivity index (χ1v) is 5.27. The number of halogens is 5. The summed E-state index contributed by atoms with van der Waals surface area (Å²) in [4.78, 5) is 0. The number of hydrogen-bond donors (Lipinski definition) is 1. The molecule has 0 spiro atoms. The third-order valence-corrected chi connectivity index (χ3v) is 2.93. The number of benzene rings is 1. The molecule has 1 nitrogen and oxygen atoms in total. The van der Waals surface area contributed by atoms with Crippen molar-refractivity contribution in [3.63, 3.8) is 0 Å². The van der Waals surface area contributed by atoms with E-state index in [0.717, 1.165) is 12.1 Å². The van der Waals surface area contributed by atoms with Gasteiger partial charge in [-0.2, -0.15) is 22.0 Å². The quantitative estimate of drug-likeness (QED) is 0.821. The Morgan fingerprint density at radius 2 is 1.44 bits per heavy atom. The van der Waals surface area contributed by atoms with Gasteiger partial charge in [-0.25, -0.2) is 0 Å². The Kier molecular flexibility index (Phi) is 3.72. The van der Waals surface area contributed by atoms with Crippen LogP contribution in [0.3, 0.4) is 0 Å². The van der Waals surface area contributed by atoms with E-state index in [2.05, 4.69) is 5.32 Å². The average Bonchev–Trinajstić information content (AvgIpc) is 2.27. The lowest BCUT2D eigenvalue weighted by atomic mass is 9.92. The summed E-state index contributed by atoms with van der Waals surface area (Å²) in [5, 5.41) is 2.85. The van der Waals surface area contributed by atoms with E-state index in [4.69, 9.17) is 0 Å². The van der Waals surface area contributed by atoms with Crippen molar-refractivity contribution in [2.24, 2.45) is 0 Å². The minimum Gasteiger partial charge on any atom is -0.311 e. The van der Waals surface area contributed by atoms with Gasteiger partial charge < -0.3 is 5.32 Å². The molecule has 1 aromatic carbocycles. The van der Waals surface area contributed by atoms with Crippen LogP contribution in [0, 0.1) is 0 Å². The maximum absolute atomic E-state index is 13.2. The molecule has 0 amide bonds. The molecule has 1 N–H and O–H groups in total. The molecule has 1 rings (SSSR count). The molecule has 0 saturated carbocycles. The highest BCUT2D eigenvalue weighted by molar-refractivity contribution is 5.31. The Balaban J connectivity index is 3.26. The minimum atomic E-state index is -5.59. The first-order chi connectivity index (χ1) is 8.02. The SMILES string of the molecule is CNC(C)(C)c1cccc(C(F)(F)C(F)(F)F)c1. The van der Waals surface area contributed by atoms with Crippen LogP contribution in [-0.4, -0.2) is 13.2 Å². The maximum Gasteiger partial charge on any atom is 0.458 e. The molecule has 0 saturated heterocycles. The molecule has 102 valence electrons. The Hall–Kier alpha value is -1.17. The zero-order valence-electron chi connectivity index (χ0n) is 10.2. The van der Waals surface area contributed by atoms with Gasteiger partial charge in [-0.3, -0.25) is 0 Å². The second-order valence-corrected chi connectivity index (χ2v) is 4.53. The van der Waals surface area contributed by atoms with Crippen LogP contribution in [0.4, 0.5) is 22.0 Å². The zero-order chi connectivity index (χ0) is 14.2. The predicted molar refractivity (Wildman–Crippen MR) is 58.5 cm³/mol. The van der Waals surface area contributed by atoms with E-state index < -0.39 is 23.2 Å². The van der Waals surface area contributed by atoms with Crippen LogP contribution in [0.25, 0.3) is 0 Å².